The standard InChI is InChI=1S/C21H31NO2/c1-15-6-7-17-19(2)9-5-10-20(3,18(23)24-4)16(19)8-11-21(17,14-15)12-13-22/h6,16-17H,5,7-12,14H2,1-4H3/t16-,17-,19+,20+,21-/m0/s1. The van der Waals surface area contributed by atoms with Crippen molar-refractivity contribution < 1.29 is 9.53 Å². The molecule has 3 heteroatoms. The van der Waals surface area contributed by atoms with Gasteiger partial charge in [0, 0.05) is 6.42 Å². The molecule has 0 saturated heterocycles. The molecule has 24 heavy (non-hydrogen) atoms. The van der Waals surface area contributed by atoms with Gasteiger partial charge in [-0.2, -0.15) is 5.26 Å². The summed E-state index contributed by atoms with van der Waals surface area (Å²) in [7, 11) is 1.52. The minimum atomic E-state index is -0.364. The Morgan fingerprint density at radius 2 is 2.08 bits per heavy atom. The fourth-order valence-corrected chi connectivity index (χ4v) is 6.87. The van der Waals surface area contributed by atoms with Crippen molar-refractivity contribution in [2.24, 2.45) is 28.1 Å². The van der Waals surface area contributed by atoms with Crippen LogP contribution in [0.1, 0.15) is 72.1 Å². The molecule has 0 heterocycles. The van der Waals surface area contributed by atoms with Crippen molar-refractivity contribution in [3.05, 3.63) is 11.6 Å². The SMILES string of the molecule is COC(=O)[C@]1(C)CCC[C@@]2(C)[C@@H]3CC=C(C)C[C@@]3(CC#N)CC[C@@H]21. The lowest BCUT2D eigenvalue weighted by Gasteiger charge is -2.63. The van der Waals surface area contributed by atoms with Gasteiger partial charge in [-0.25, -0.2) is 0 Å². The Kier molecular flexibility index (Phi) is 4.31. The summed E-state index contributed by atoms with van der Waals surface area (Å²) in [6, 6.07) is 2.50. The summed E-state index contributed by atoms with van der Waals surface area (Å²) in [6.07, 6.45) is 10.5. The smallest absolute Gasteiger partial charge is 0.311 e. The van der Waals surface area contributed by atoms with Crippen molar-refractivity contribution in [1.29, 1.82) is 5.26 Å². The first-order valence-electron chi connectivity index (χ1n) is 9.43. The van der Waals surface area contributed by atoms with E-state index < -0.39 is 0 Å². The normalized spacial score (nSPS) is 44.5. The number of nitrogens with zero attached hydrogens (tertiary/aromatic N) is 1. The number of hydrogen-bond acceptors (Lipinski definition) is 3. The van der Waals surface area contributed by atoms with Gasteiger partial charge in [0.05, 0.1) is 18.6 Å². The molecule has 3 aliphatic carbocycles. The van der Waals surface area contributed by atoms with Gasteiger partial charge >= 0.3 is 5.97 Å². The van der Waals surface area contributed by atoms with Gasteiger partial charge in [0.1, 0.15) is 0 Å². The molecule has 132 valence electrons. The van der Waals surface area contributed by atoms with Gasteiger partial charge in [0.15, 0.2) is 0 Å². The first-order chi connectivity index (χ1) is 11.3. The molecule has 3 nitrogen and oxygen atoms in total. The lowest BCUT2D eigenvalue weighted by molar-refractivity contribution is -0.181. The second kappa shape index (κ2) is 5.90. The van der Waals surface area contributed by atoms with E-state index in [4.69, 9.17) is 4.74 Å². The Balaban J connectivity index is 2.03. The van der Waals surface area contributed by atoms with Crippen LogP contribution in [0.25, 0.3) is 0 Å². The number of methoxy groups -OCH3 is 1. The van der Waals surface area contributed by atoms with Crippen molar-refractivity contribution in [2.75, 3.05) is 7.11 Å². The predicted molar refractivity (Wildman–Crippen MR) is 93.9 cm³/mol. The van der Waals surface area contributed by atoms with E-state index in [9.17, 15) is 10.1 Å². The zero-order valence-corrected chi connectivity index (χ0v) is 15.7. The quantitative estimate of drug-likeness (QED) is 0.528. The van der Waals surface area contributed by atoms with Crippen molar-refractivity contribution in [1.82, 2.24) is 0 Å². The van der Waals surface area contributed by atoms with Crippen LogP contribution in [-0.4, -0.2) is 13.1 Å². The van der Waals surface area contributed by atoms with Crippen LogP contribution >= 0.6 is 0 Å². The van der Waals surface area contributed by atoms with E-state index in [0.717, 1.165) is 38.5 Å². The van der Waals surface area contributed by atoms with Crippen molar-refractivity contribution in [3.8, 4) is 6.07 Å². The number of esters is 1. The number of allylic oxidation sites excluding steroid dienone is 2. The summed E-state index contributed by atoms with van der Waals surface area (Å²) >= 11 is 0. The number of nitriles is 1. The third-order valence-electron chi connectivity index (χ3n) is 7.86. The second-order valence-corrected chi connectivity index (χ2v) is 9.07. The molecule has 0 aromatic carbocycles. The maximum absolute atomic E-state index is 12.6. The van der Waals surface area contributed by atoms with Crippen molar-refractivity contribution >= 4 is 5.97 Å². The molecule has 0 amide bonds. The molecule has 0 N–H and O–H groups in total. The lowest BCUT2D eigenvalue weighted by Crippen LogP contribution is -2.58. The Labute approximate surface area is 146 Å². The maximum Gasteiger partial charge on any atom is 0.311 e. The van der Waals surface area contributed by atoms with E-state index in [2.05, 4.69) is 32.9 Å². The zero-order valence-electron chi connectivity index (χ0n) is 15.7. The van der Waals surface area contributed by atoms with Crippen LogP contribution in [0.3, 0.4) is 0 Å². The average molecular weight is 329 g/mol. The van der Waals surface area contributed by atoms with E-state index in [0.29, 0.717) is 18.3 Å². The van der Waals surface area contributed by atoms with Gasteiger partial charge in [-0.05, 0) is 75.0 Å². The molecule has 5 atom stereocenters. The van der Waals surface area contributed by atoms with Crippen molar-refractivity contribution in [3.63, 3.8) is 0 Å². The van der Waals surface area contributed by atoms with Crippen molar-refractivity contribution in [2.45, 2.75) is 72.1 Å². The number of rotatable bonds is 2. The van der Waals surface area contributed by atoms with E-state index in [1.165, 1.54) is 19.1 Å². The third kappa shape index (κ3) is 2.33. The fraction of sp³-hybridized carbons (Fsp3) is 0.810. The van der Waals surface area contributed by atoms with Crippen LogP contribution in [0, 0.1) is 39.4 Å². The fourth-order valence-electron chi connectivity index (χ4n) is 6.87. The maximum atomic E-state index is 12.6. The summed E-state index contributed by atoms with van der Waals surface area (Å²) < 4.78 is 5.21. The Hall–Kier alpha value is -1.30. The lowest BCUT2D eigenvalue weighted by atomic mass is 9.40. The molecule has 3 aliphatic rings. The summed E-state index contributed by atoms with van der Waals surface area (Å²) in [4.78, 5) is 12.6. The van der Waals surface area contributed by atoms with Gasteiger partial charge in [0.2, 0.25) is 0 Å². The number of carbonyl (C=O) groups excluding carboxylic acids is 1. The van der Waals surface area contributed by atoms with Crippen LogP contribution in [0.5, 0.6) is 0 Å². The number of ether oxygens (including phenoxy) is 1. The first-order valence-corrected chi connectivity index (χ1v) is 9.43. The summed E-state index contributed by atoms with van der Waals surface area (Å²) in [6.45, 7) is 6.74. The van der Waals surface area contributed by atoms with Crippen LogP contribution in [-0.2, 0) is 9.53 Å². The Morgan fingerprint density at radius 3 is 2.75 bits per heavy atom. The number of carbonyl (C=O) groups is 1. The van der Waals surface area contributed by atoms with Gasteiger partial charge in [-0.1, -0.05) is 25.0 Å². The highest BCUT2D eigenvalue weighted by molar-refractivity contribution is 5.77. The Morgan fingerprint density at radius 1 is 1.33 bits per heavy atom. The number of fused-ring (bicyclic) bond motifs is 3. The molecule has 2 fully saturated rings. The molecule has 0 unspecified atom stereocenters. The van der Waals surface area contributed by atoms with E-state index in [1.807, 2.05) is 0 Å². The first kappa shape index (κ1) is 17.5. The molecule has 0 radical (unpaired) electrons. The molecule has 0 bridgehead atoms. The van der Waals surface area contributed by atoms with Gasteiger partial charge in [0.25, 0.3) is 0 Å². The minimum absolute atomic E-state index is 0.0336. The highest BCUT2D eigenvalue weighted by Crippen LogP contribution is 2.68. The van der Waals surface area contributed by atoms with E-state index >= 15 is 0 Å². The topological polar surface area (TPSA) is 50.1 Å². The largest absolute Gasteiger partial charge is 0.469 e. The average Bonchev–Trinajstić information content (AvgIpc) is 2.53. The number of hydrogen-bond donors (Lipinski definition) is 0. The van der Waals surface area contributed by atoms with E-state index in [-0.39, 0.29) is 22.2 Å². The van der Waals surface area contributed by atoms with E-state index in [1.54, 1.807) is 0 Å². The molecular formula is C21H31NO2. The molecule has 0 spiro atoms. The highest BCUT2D eigenvalue weighted by Gasteiger charge is 2.62. The molecule has 2 saturated carbocycles. The van der Waals surface area contributed by atoms with Gasteiger partial charge in [-0.15, -0.1) is 0 Å². The van der Waals surface area contributed by atoms with Crippen LogP contribution in [0.2, 0.25) is 0 Å². The zero-order chi connectivity index (χ0) is 17.6. The van der Waals surface area contributed by atoms with Gasteiger partial charge in [-0.3, -0.25) is 4.79 Å². The summed E-state index contributed by atoms with van der Waals surface area (Å²) in [5.41, 5.74) is 1.33. The highest BCUT2D eigenvalue weighted by atomic mass is 16.5. The molecule has 0 aromatic heterocycles. The monoisotopic (exact) mass is 329 g/mol. The molecule has 0 aromatic rings. The summed E-state index contributed by atoms with van der Waals surface area (Å²) in [5, 5.41) is 9.50. The Bertz CT molecular complexity index is 603. The molecule has 0 aliphatic heterocycles. The minimum Gasteiger partial charge on any atom is -0.469 e. The molecular weight excluding hydrogens is 298 g/mol. The third-order valence-corrected chi connectivity index (χ3v) is 7.86. The second-order valence-electron chi connectivity index (χ2n) is 9.07. The summed E-state index contributed by atoms with van der Waals surface area (Å²) in [5.74, 6) is 0.847. The van der Waals surface area contributed by atoms with Crippen LogP contribution < -0.4 is 0 Å². The van der Waals surface area contributed by atoms with Crippen LogP contribution in [0.15, 0.2) is 11.6 Å². The predicted octanol–water partition coefficient (Wildman–Crippen LogP) is 5.02. The molecule has 3 rings (SSSR count). The van der Waals surface area contributed by atoms with Gasteiger partial charge < -0.3 is 4.74 Å². The van der Waals surface area contributed by atoms with Crippen LogP contribution in [0.4, 0.5) is 0 Å².